The van der Waals surface area contributed by atoms with Crippen molar-refractivity contribution >= 4 is 0 Å². The van der Waals surface area contributed by atoms with Gasteiger partial charge in [-0.15, -0.1) is 0 Å². The predicted molar refractivity (Wildman–Crippen MR) is 37.9 cm³/mol. The van der Waals surface area contributed by atoms with Gasteiger partial charge in [-0.05, 0) is 0 Å². The van der Waals surface area contributed by atoms with Gasteiger partial charge in [-0.25, -0.2) is 0 Å². The van der Waals surface area contributed by atoms with Crippen LogP contribution in [-0.2, 0) is 0 Å². The van der Waals surface area contributed by atoms with Crippen LogP contribution in [0.3, 0.4) is 0 Å². The summed E-state index contributed by atoms with van der Waals surface area (Å²) in [7, 11) is 0. The van der Waals surface area contributed by atoms with E-state index in [0.29, 0.717) is 0 Å². The molecule has 0 spiro atoms. The van der Waals surface area contributed by atoms with Crippen molar-refractivity contribution < 1.29 is 42.8 Å². The Morgan fingerprint density at radius 2 is 1.73 bits per heavy atom. The molecule has 0 heterocycles. The van der Waals surface area contributed by atoms with Gasteiger partial charge in [0, 0.05) is 0 Å². The van der Waals surface area contributed by atoms with E-state index in [4.69, 9.17) is 0 Å². The maximum Gasteiger partial charge on any atom is 1.00 e. The molecule has 0 radical (unpaired) electrons. The Morgan fingerprint density at radius 1 is 1.18 bits per heavy atom. The van der Waals surface area contributed by atoms with Gasteiger partial charge >= 0.3 is 37.7 Å². The molecule has 0 aromatic carbocycles. The van der Waals surface area contributed by atoms with E-state index >= 15 is 0 Å². The second-order valence-corrected chi connectivity index (χ2v) is 2.47. The third kappa shape index (κ3) is 18.3. The van der Waals surface area contributed by atoms with Crippen LogP contribution >= 0.6 is 0 Å². The molecule has 0 N–H and O–H groups in total. The zero-order chi connectivity index (χ0) is 7.11. The average Bonchev–Trinajstić information content (AvgIpc) is 1.80. The quantitative estimate of drug-likeness (QED) is 0.216. The third-order valence-corrected chi connectivity index (χ3v) is 1.38. The molecule has 0 aromatic rings. The van der Waals surface area contributed by atoms with Gasteiger partial charge in [0.1, 0.15) is 0 Å². The molecule has 0 amide bonds. The molecule has 0 saturated carbocycles. The zero-order valence-electron chi connectivity index (χ0n) is 8.23. The summed E-state index contributed by atoms with van der Waals surface area (Å²) < 4.78 is 0. The smallest absolute Gasteiger partial charge is 0.876 e. The van der Waals surface area contributed by atoms with Gasteiger partial charge < -0.3 is 12.0 Å². The maximum atomic E-state index is 10.4. The summed E-state index contributed by atoms with van der Waals surface area (Å²) >= 11 is 0. The first kappa shape index (κ1) is 18.0. The van der Waals surface area contributed by atoms with Crippen molar-refractivity contribution in [2.24, 2.45) is 0 Å². The van der Waals surface area contributed by atoms with Crippen LogP contribution in [0.5, 0.6) is 0 Å². The predicted octanol–water partition coefficient (Wildman–Crippen LogP) is -4.47. The van der Waals surface area contributed by atoms with Crippen molar-refractivity contribution in [3.05, 3.63) is 6.92 Å². The first-order valence-electron chi connectivity index (χ1n) is 3.76. The molecular formula is C8H16Li2O. The molecule has 1 nitrogen and oxygen atoms in total. The summed E-state index contributed by atoms with van der Waals surface area (Å²) in [6.07, 6.45) is 4.91. The fourth-order valence-electron chi connectivity index (χ4n) is 0.799. The van der Waals surface area contributed by atoms with Crippen molar-refractivity contribution in [1.29, 1.82) is 0 Å². The number of hydrogen-bond acceptors (Lipinski definition) is 1. The van der Waals surface area contributed by atoms with E-state index in [1.165, 1.54) is 19.3 Å². The summed E-state index contributed by atoms with van der Waals surface area (Å²) in [6, 6.07) is 0. The maximum absolute atomic E-state index is 10.4. The second kappa shape index (κ2) is 13.7. The SMILES string of the molecule is [CH2-]C([O-])CCCCCC.[Li+].[Li+]. The largest absolute Gasteiger partial charge is 1.00 e. The van der Waals surface area contributed by atoms with Gasteiger partial charge in [0.2, 0.25) is 0 Å². The van der Waals surface area contributed by atoms with Crippen LogP contribution in [-0.4, -0.2) is 6.10 Å². The normalized spacial score (nSPS) is 11.2. The first-order chi connectivity index (χ1) is 4.27. The fraction of sp³-hybridized carbons (Fsp3) is 0.875. The molecule has 3 heteroatoms. The van der Waals surface area contributed by atoms with E-state index in [1.54, 1.807) is 0 Å². The van der Waals surface area contributed by atoms with E-state index in [9.17, 15) is 5.11 Å². The Balaban J connectivity index is -0.000000320. The Kier molecular flexibility index (Phi) is 22.5. The molecule has 0 saturated heterocycles. The molecule has 0 aliphatic heterocycles. The first-order valence-corrected chi connectivity index (χ1v) is 3.76. The summed E-state index contributed by atoms with van der Waals surface area (Å²) in [5.74, 6) is 0. The average molecular weight is 142 g/mol. The van der Waals surface area contributed by atoms with Gasteiger partial charge in [-0.2, -0.15) is 0 Å². The van der Waals surface area contributed by atoms with Crippen molar-refractivity contribution in [2.45, 2.75) is 45.1 Å². The zero-order valence-corrected chi connectivity index (χ0v) is 8.23. The summed E-state index contributed by atoms with van der Waals surface area (Å²) in [4.78, 5) is 0. The van der Waals surface area contributed by atoms with Crippen molar-refractivity contribution in [3.8, 4) is 0 Å². The Hall–Kier alpha value is 1.15. The van der Waals surface area contributed by atoms with E-state index < -0.39 is 6.10 Å². The molecule has 56 valence electrons. The van der Waals surface area contributed by atoms with Gasteiger partial charge in [0.15, 0.2) is 0 Å². The molecular weight excluding hydrogens is 126 g/mol. The Morgan fingerprint density at radius 3 is 2.09 bits per heavy atom. The van der Waals surface area contributed by atoms with Crippen molar-refractivity contribution in [2.75, 3.05) is 0 Å². The molecule has 0 aliphatic carbocycles. The fourth-order valence-corrected chi connectivity index (χ4v) is 0.799. The van der Waals surface area contributed by atoms with Crippen LogP contribution < -0.4 is 42.8 Å². The Labute approximate surface area is 94.7 Å². The molecule has 0 aromatic heterocycles. The van der Waals surface area contributed by atoms with Gasteiger partial charge in [-0.1, -0.05) is 39.0 Å². The molecule has 1 unspecified atom stereocenters. The van der Waals surface area contributed by atoms with Crippen LogP contribution in [0.15, 0.2) is 0 Å². The van der Waals surface area contributed by atoms with Crippen LogP contribution in [0.1, 0.15) is 39.0 Å². The van der Waals surface area contributed by atoms with Crippen LogP contribution in [0.25, 0.3) is 0 Å². The standard InChI is InChI=1S/C8H16O.2Li/c1-3-4-5-6-7-8(2)9;;/h8H,2-7H2,1H3;;/q-2;2*+1. The van der Waals surface area contributed by atoms with Crippen molar-refractivity contribution in [1.82, 2.24) is 0 Å². The minimum Gasteiger partial charge on any atom is -0.876 e. The summed E-state index contributed by atoms with van der Waals surface area (Å²) in [6.45, 7) is 5.55. The minimum absolute atomic E-state index is 0. The minimum atomic E-state index is -0.596. The summed E-state index contributed by atoms with van der Waals surface area (Å²) in [5.41, 5.74) is 0. The topological polar surface area (TPSA) is 23.1 Å². The molecule has 1 atom stereocenters. The van der Waals surface area contributed by atoms with Crippen molar-refractivity contribution in [3.63, 3.8) is 0 Å². The molecule has 0 rings (SSSR count). The van der Waals surface area contributed by atoms with Gasteiger partial charge in [-0.3, -0.25) is 6.10 Å². The summed E-state index contributed by atoms with van der Waals surface area (Å²) in [5, 5.41) is 10.4. The molecule has 11 heavy (non-hydrogen) atoms. The molecule has 0 bridgehead atoms. The molecule has 0 fully saturated rings. The van der Waals surface area contributed by atoms with E-state index in [0.717, 1.165) is 12.8 Å². The second-order valence-electron chi connectivity index (χ2n) is 2.47. The van der Waals surface area contributed by atoms with E-state index in [1.807, 2.05) is 0 Å². The molecule has 0 aliphatic rings. The van der Waals surface area contributed by atoms with E-state index in [2.05, 4.69) is 13.8 Å². The van der Waals surface area contributed by atoms with Gasteiger partial charge in [0.25, 0.3) is 0 Å². The number of hydrogen-bond donors (Lipinski definition) is 0. The number of unbranched alkanes of at least 4 members (excludes halogenated alkanes) is 3. The number of rotatable bonds is 5. The third-order valence-electron chi connectivity index (χ3n) is 1.38. The van der Waals surface area contributed by atoms with Crippen LogP contribution in [0, 0.1) is 6.92 Å². The van der Waals surface area contributed by atoms with Gasteiger partial charge in [0.05, 0.1) is 0 Å². The van der Waals surface area contributed by atoms with Crippen LogP contribution in [0.4, 0.5) is 0 Å². The monoisotopic (exact) mass is 142 g/mol. The Bertz CT molecular complexity index is 58.1. The van der Waals surface area contributed by atoms with E-state index in [-0.39, 0.29) is 37.7 Å². The van der Waals surface area contributed by atoms with Crippen LogP contribution in [0.2, 0.25) is 0 Å².